The highest BCUT2D eigenvalue weighted by molar-refractivity contribution is 5.90. The third-order valence-electron chi connectivity index (χ3n) is 3.42. The zero-order valence-corrected chi connectivity index (χ0v) is 11.3. The summed E-state index contributed by atoms with van der Waals surface area (Å²) in [7, 11) is 0. The standard InChI is InChI=1S/C12H14F4N4O/c1-10(8-6(13)3-4-7(17)19-8)5-21-11(2,9(18)20-10)12(14,15)16/h3-4H,5H2,1-2H3,(H2,17,19)(H2,18,20)/t10-,11-/m1/s1. The molecule has 0 bridgehead atoms. The molecule has 21 heavy (non-hydrogen) atoms. The van der Waals surface area contributed by atoms with Crippen LogP contribution in [-0.2, 0) is 10.3 Å². The van der Waals surface area contributed by atoms with E-state index in [1.54, 1.807) is 0 Å². The minimum Gasteiger partial charge on any atom is -0.385 e. The van der Waals surface area contributed by atoms with Crippen LogP contribution < -0.4 is 11.5 Å². The molecule has 0 aliphatic carbocycles. The molecule has 5 nitrogen and oxygen atoms in total. The molecule has 2 rings (SSSR count). The number of hydrogen-bond donors (Lipinski definition) is 2. The van der Waals surface area contributed by atoms with E-state index in [1.165, 1.54) is 13.0 Å². The maximum absolute atomic E-state index is 13.8. The van der Waals surface area contributed by atoms with E-state index in [0.29, 0.717) is 0 Å². The van der Waals surface area contributed by atoms with Crippen molar-refractivity contribution in [3.05, 3.63) is 23.6 Å². The number of nitrogens with two attached hydrogens (primary N) is 2. The lowest BCUT2D eigenvalue weighted by Gasteiger charge is -2.40. The van der Waals surface area contributed by atoms with Crippen molar-refractivity contribution in [2.24, 2.45) is 10.7 Å². The van der Waals surface area contributed by atoms with Gasteiger partial charge in [-0.1, -0.05) is 0 Å². The van der Waals surface area contributed by atoms with Crippen LogP contribution in [0.3, 0.4) is 0 Å². The first-order valence-electron chi connectivity index (χ1n) is 5.98. The Kier molecular flexibility index (Phi) is 3.36. The summed E-state index contributed by atoms with van der Waals surface area (Å²) in [5, 5.41) is 0. The highest BCUT2D eigenvalue weighted by atomic mass is 19.4. The maximum Gasteiger partial charge on any atom is 0.424 e. The third-order valence-corrected chi connectivity index (χ3v) is 3.42. The number of hydrogen-bond acceptors (Lipinski definition) is 5. The van der Waals surface area contributed by atoms with Gasteiger partial charge in [0.2, 0.25) is 5.60 Å². The van der Waals surface area contributed by atoms with Crippen molar-refractivity contribution in [3.63, 3.8) is 0 Å². The summed E-state index contributed by atoms with van der Waals surface area (Å²) in [6.07, 6.45) is -4.73. The Bertz CT molecular complexity index is 603. The Morgan fingerprint density at radius 3 is 2.38 bits per heavy atom. The first-order valence-corrected chi connectivity index (χ1v) is 5.98. The van der Waals surface area contributed by atoms with Gasteiger partial charge in [-0.05, 0) is 26.0 Å². The molecule has 9 heteroatoms. The Labute approximate surface area is 118 Å². The van der Waals surface area contributed by atoms with Crippen molar-refractivity contribution in [1.82, 2.24) is 4.98 Å². The number of rotatable bonds is 1. The van der Waals surface area contributed by atoms with E-state index in [-0.39, 0.29) is 11.5 Å². The van der Waals surface area contributed by atoms with Crippen LogP contribution in [0, 0.1) is 5.82 Å². The second kappa shape index (κ2) is 4.55. The normalized spacial score (nSPS) is 30.1. The molecule has 0 spiro atoms. The molecule has 0 fully saturated rings. The highest BCUT2D eigenvalue weighted by Crippen LogP contribution is 2.40. The lowest BCUT2D eigenvalue weighted by Crippen LogP contribution is -2.60. The first kappa shape index (κ1) is 15.5. The van der Waals surface area contributed by atoms with E-state index in [4.69, 9.17) is 16.2 Å². The maximum atomic E-state index is 13.8. The number of nitrogen functional groups attached to an aromatic ring is 1. The minimum absolute atomic E-state index is 0.0190. The van der Waals surface area contributed by atoms with E-state index < -0.39 is 35.6 Å². The molecule has 0 aromatic carbocycles. The molecule has 2 heterocycles. The fourth-order valence-corrected chi connectivity index (χ4v) is 1.95. The van der Waals surface area contributed by atoms with Gasteiger partial charge in [-0.2, -0.15) is 13.2 Å². The van der Waals surface area contributed by atoms with Crippen LogP contribution in [-0.4, -0.2) is 29.2 Å². The molecule has 0 saturated heterocycles. The van der Waals surface area contributed by atoms with Crippen molar-refractivity contribution in [2.75, 3.05) is 12.3 Å². The molecule has 0 saturated carbocycles. The summed E-state index contributed by atoms with van der Waals surface area (Å²) < 4.78 is 57.7. The summed E-state index contributed by atoms with van der Waals surface area (Å²) >= 11 is 0. The summed E-state index contributed by atoms with van der Waals surface area (Å²) in [5.41, 5.74) is 6.50. The molecule has 0 unspecified atom stereocenters. The van der Waals surface area contributed by atoms with Crippen LogP contribution in [0.15, 0.2) is 17.1 Å². The van der Waals surface area contributed by atoms with Gasteiger partial charge in [-0.3, -0.25) is 4.99 Å². The van der Waals surface area contributed by atoms with Crippen LogP contribution in [0.25, 0.3) is 0 Å². The van der Waals surface area contributed by atoms with E-state index in [2.05, 4.69) is 9.98 Å². The molecule has 1 aromatic heterocycles. The van der Waals surface area contributed by atoms with E-state index in [9.17, 15) is 17.6 Å². The number of halogens is 4. The topological polar surface area (TPSA) is 86.5 Å². The van der Waals surface area contributed by atoms with Gasteiger partial charge < -0.3 is 16.2 Å². The molecule has 2 atom stereocenters. The highest BCUT2D eigenvalue weighted by Gasteiger charge is 2.59. The smallest absolute Gasteiger partial charge is 0.385 e. The number of pyridine rings is 1. The van der Waals surface area contributed by atoms with Crippen molar-refractivity contribution < 1.29 is 22.3 Å². The summed E-state index contributed by atoms with van der Waals surface area (Å²) in [6, 6.07) is 2.30. The Balaban J connectivity index is 2.51. The van der Waals surface area contributed by atoms with Gasteiger partial charge in [-0.25, -0.2) is 9.37 Å². The van der Waals surface area contributed by atoms with Gasteiger partial charge in [0.05, 0.1) is 6.61 Å². The lowest BCUT2D eigenvalue weighted by atomic mass is 9.93. The van der Waals surface area contributed by atoms with Crippen molar-refractivity contribution in [1.29, 1.82) is 0 Å². The van der Waals surface area contributed by atoms with E-state index in [1.807, 2.05) is 0 Å². The molecule has 1 aromatic rings. The fraction of sp³-hybridized carbons (Fsp3) is 0.500. The molecule has 1 aliphatic heterocycles. The van der Waals surface area contributed by atoms with Crippen LogP contribution in [0.5, 0.6) is 0 Å². The molecule has 116 valence electrons. The van der Waals surface area contributed by atoms with Crippen molar-refractivity contribution in [3.8, 4) is 0 Å². The predicted molar refractivity (Wildman–Crippen MR) is 68.0 cm³/mol. The monoisotopic (exact) mass is 306 g/mol. The third kappa shape index (κ3) is 2.41. The van der Waals surface area contributed by atoms with Crippen LogP contribution in [0.4, 0.5) is 23.4 Å². The second-order valence-electron chi connectivity index (χ2n) is 5.16. The Hall–Kier alpha value is -1.90. The number of alkyl halides is 3. The molecule has 1 aliphatic rings. The number of anilines is 1. The molecular formula is C12H14F4N4O. The number of amidine groups is 1. The largest absolute Gasteiger partial charge is 0.424 e. The van der Waals surface area contributed by atoms with E-state index in [0.717, 1.165) is 13.0 Å². The summed E-state index contributed by atoms with van der Waals surface area (Å²) in [4.78, 5) is 7.59. The predicted octanol–water partition coefficient (Wildman–Crippen LogP) is 1.73. The molecular weight excluding hydrogens is 292 g/mol. The van der Waals surface area contributed by atoms with Crippen LogP contribution >= 0.6 is 0 Å². The van der Waals surface area contributed by atoms with Gasteiger partial charge >= 0.3 is 6.18 Å². The molecule has 0 radical (unpaired) electrons. The first-order chi connectivity index (χ1) is 9.49. The van der Waals surface area contributed by atoms with Gasteiger partial charge in [0, 0.05) is 0 Å². The second-order valence-corrected chi connectivity index (χ2v) is 5.16. The van der Waals surface area contributed by atoms with Crippen LogP contribution in [0.2, 0.25) is 0 Å². The number of nitrogens with zero attached hydrogens (tertiary/aromatic N) is 2. The van der Waals surface area contributed by atoms with Gasteiger partial charge in [0.15, 0.2) is 0 Å². The summed E-state index contributed by atoms with van der Waals surface area (Å²) in [5.74, 6) is -1.51. The van der Waals surface area contributed by atoms with Crippen LogP contribution in [0.1, 0.15) is 19.5 Å². The zero-order valence-electron chi connectivity index (χ0n) is 11.3. The molecule has 4 N–H and O–H groups in total. The quantitative estimate of drug-likeness (QED) is 0.774. The Morgan fingerprint density at radius 2 is 1.86 bits per heavy atom. The Morgan fingerprint density at radius 1 is 1.24 bits per heavy atom. The average molecular weight is 306 g/mol. The van der Waals surface area contributed by atoms with Crippen molar-refractivity contribution in [2.45, 2.75) is 31.2 Å². The summed E-state index contributed by atoms with van der Waals surface area (Å²) in [6.45, 7) is 1.62. The van der Waals surface area contributed by atoms with Gasteiger partial charge in [-0.15, -0.1) is 0 Å². The van der Waals surface area contributed by atoms with Gasteiger partial charge in [0.25, 0.3) is 0 Å². The number of aliphatic imine (C=N–C) groups is 1. The zero-order chi connectivity index (χ0) is 16.1. The van der Waals surface area contributed by atoms with Gasteiger partial charge in [0.1, 0.15) is 28.7 Å². The average Bonchev–Trinajstić information content (AvgIpc) is 2.36. The fourth-order valence-electron chi connectivity index (χ4n) is 1.95. The van der Waals surface area contributed by atoms with E-state index >= 15 is 0 Å². The number of aromatic nitrogens is 1. The SMILES string of the molecule is C[C@]1(c2nc(N)ccc2F)CO[C@@](C)(C(F)(F)F)C(N)=N1. The lowest BCUT2D eigenvalue weighted by molar-refractivity contribution is -0.249. The molecule has 0 amide bonds. The number of ether oxygens (including phenoxy) is 1. The minimum atomic E-state index is -4.73. The van der Waals surface area contributed by atoms with Crippen molar-refractivity contribution >= 4 is 11.7 Å².